The largest absolute Gasteiger partial charge is 0.495 e. The maximum absolute atomic E-state index is 11.4. The Kier molecular flexibility index (Phi) is 5.83. The zero-order chi connectivity index (χ0) is 15.0. The van der Waals surface area contributed by atoms with E-state index in [1.807, 2.05) is 0 Å². The van der Waals surface area contributed by atoms with Gasteiger partial charge in [0, 0.05) is 6.08 Å². The quantitative estimate of drug-likeness (QED) is 0.616. The molecule has 0 aromatic heterocycles. The van der Waals surface area contributed by atoms with E-state index in [1.165, 1.54) is 19.3 Å². The van der Waals surface area contributed by atoms with Crippen molar-refractivity contribution in [3.8, 4) is 5.75 Å². The summed E-state index contributed by atoms with van der Waals surface area (Å²) >= 11 is 0. The van der Waals surface area contributed by atoms with Gasteiger partial charge in [0.1, 0.15) is 12.4 Å². The molecule has 0 aliphatic rings. The van der Waals surface area contributed by atoms with E-state index in [2.05, 4.69) is 11.9 Å². The van der Waals surface area contributed by atoms with Crippen LogP contribution in [0.2, 0.25) is 0 Å². The van der Waals surface area contributed by atoms with Crippen molar-refractivity contribution in [2.75, 3.05) is 19.0 Å². The van der Waals surface area contributed by atoms with Crippen molar-refractivity contribution in [3.63, 3.8) is 0 Å². The Hall–Kier alpha value is -2.76. The number of carboxylic acids is 1. The average Bonchev–Trinajstić information content (AvgIpc) is 2.43. The minimum absolute atomic E-state index is 0.105. The highest BCUT2D eigenvalue weighted by Gasteiger charge is 2.08. The zero-order valence-corrected chi connectivity index (χ0v) is 11.0. The molecular formula is C14H15NO5. The molecule has 6 heteroatoms. The number of hydrogen-bond donors (Lipinski definition) is 2. The molecule has 0 radical (unpaired) electrons. The zero-order valence-electron chi connectivity index (χ0n) is 11.0. The molecule has 1 rings (SSSR count). The molecule has 0 fully saturated rings. The van der Waals surface area contributed by atoms with Crippen LogP contribution in [0.3, 0.4) is 0 Å². The van der Waals surface area contributed by atoms with E-state index in [0.29, 0.717) is 17.0 Å². The standard InChI is InChI=1S/C14H15NO5/c1-3-8-20-14(18)15-11-6-4-10(5-7-13(16)17)9-12(11)19-2/h3-7,9H,1,8H2,2H3,(H,15,18)(H,16,17)/b7-5+. The maximum atomic E-state index is 11.4. The number of amides is 1. The van der Waals surface area contributed by atoms with E-state index in [4.69, 9.17) is 14.6 Å². The molecular weight excluding hydrogens is 262 g/mol. The number of aliphatic carboxylic acids is 1. The van der Waals surface area contributed by atoms with Gasteiger partial charge in [0.05, 0.1) is 12.8 Å². The van der Waals surface area contributed by atoms with E-state index in [0.717, 1.165) is 6.08 Å². The fourth-order valence-electron chi connectivity index (χ4n) is 1.36. The van der Waals surface area contributed by atoms with Crippen LogP contribution in [0.25, 0.3) is 6.08 Å². The number of rotatable bonds is 6. The fourth-order valence-corrected chi connectivity index (χ4v) is 1.36. The minimum atomic E-state index is -1.04. The van der Waals surface area contributed by atoms with Crippen LogP contribution in [0.1, 0.15) is 5.56 Å². The second kappa shape index (κ2) is 7.63. The number of carbonyl (C=O) groups is 2. The highest BCUT2D eigenvalue weighted by molar-refractivity contribution is 5.88. The number of methoxy groups -OCH3 is 1. The Balaban J connectivity index is 2.85. The molecule has 0 atom stereocenters. The smallest absolute Gasteiger partial charge is 0.412 e. The Morgan fingerprint density at radius 1 is 1.45 bits per heavy atom. The number of carbonyl (C=O) groups excluding carboxylic acids is 1. The molecule has 106 valence electrons. The SMILES string of the molecule is C=CCOC(=O)Nc1ccc(/C=C/C(=O)O)cc1OC. The Morgan fingerprint density at radius 2 is 2.20 bits per heavy atom. The molecule has 0 spiro atoms. The first-order chi connectivity index (χ1) is 9.56. The van der Waals surface area contributed by atoms with Gasteiger partial charge in [0.25, 0.3) is 0 Å². The van der Waals surface area contributed by atoms with Gasteiger partial charge in [-0.1, -0.05) is 18.7 Å². The Bertz CT molecular complexity index is 536. The monoisotopic (exact) mass is 277 g/mol. The van der Waals surface area contributed by atoms with Crippen LogP contribution >= 0.6 is 0 Å². The lowest BCUT2D eigenvalue weighted by molar-refractivity contribution is -0.131. The van der Waals surface area contributed by atoms with Crippen LogP contribution in [-0.4, -0.2) is 30.9 Å². The molecule has 1 aromatic rings. The van der Waals surface area contributed by atoms with Gasteiger partial charge in [-0.05, 0) is 23.8 Å². The molecule has 0 unspecified atom stereocenters. The van der Waals surface area contributed by atoms with Gasteiger partial charge < -0.3 is 14.6 Å². The third-order valence-corrected chi connectivity index (χ3v) is 2.21. The van der Waals surface area contributed by atoms with Crippen LogP contribution in [-0.2, 0) is 9.53 Å². The molecule has 0 aliphatic heterocycles. The lowest BCUT2D eigenvalue weighted by Crippen LogP contribution is -2.14. The van der Waals surface area contributed by atoms with Crippen molar-refractivity contribution in [1.82, 2.24) is 0 Å². The van der Waals surface area contributed by atoms with E-state index in [9.17, 15) is 9.59 Å². The molecule has 20 heavy (non-hydrogen) atoms. The van der Waals surface area contributed by atoms with Crippen LogP contribution < -0.4 is 10.1 Å². The number of hydrogen-bond acceptors (Lipinski definition) is 4. The van der Waals surface area contributed by atoms with Crippen LogP contribution in [0, 0.1) is 0 Å². The summed E-state index contributed by atoms with van der Waals surface area (Å²) in [4.78, 5) is 21.9. The van der Waals surface area contributed by atoms with Crippen molar-refractivity contribution in [2.24, 2.45) is 0 Å². The molecule has 2 N–H and O–H groups in total. The fraction of sp³-hybridized carbons (Fsp3) is 0.143. The molecule has 0 heterocycles. The van der Waals surface area contributed by atoms with Crippen molar-refractivity contribution in [3.05, 3.63) is 42.5 Å². The summed E-state index contributed by atoms with van der Waals surface area (Å²) in [5, 5.41) is 11.1. The first kappa shape index (κ1) is 15.3. The Labute approximate surface area is 116 Å². The third kappa shape index (κ3) is 4.85. The summed E-state index contributed by atoms with van der Waals surface area (Å²) < 4.78 is 9.91. The summed E-state index contributed by atoms with van der Waals surface area (Å²) in [6, 6.07) is 4.84. The Morgan fingerprint density at radius 3 is 2.80 bits per heavy atom. The van der Waals surface area contributed by atoms with Crippen molar-refractivity contribution >= 4 is 23.8 Å². The number of nitrogens with one attached hydrogen (secondary N) is 1. The van der Waals surface area contributed by atoms with Crippen LogP contribution in [0.4, 0.5) is 10.5 Å². The topological polar surface area (TPSA) is 84.9 Å². The molecule has 1 aromatic carbocycles. The predicted molar refractivity (Wildman–Crippen MR) is 74.8 cm³/mol. The first-order valence-corrected chi connectivity index (χ1v) is 5.70. The van der Waals surface area contributed by atoms with E-state index < -0.39 is 12.1 Å². The number of carboxylic acid groups (broad SMARTS) is 1. The second-order valence-corrected chi connectivity index (χ2v) is 3.64. The van der Waals surface area contributed by atoms with Gasteiger partial charge in [-0.3, -0.25) is 5.32 Å². The molecule has 0 bridgehead atoms. The number of anilines is 1. The van der Waals surface area contributed by atoms with Gasteiger partial charge in [0.2, 0.25) is 0 Å². The molecule has 6 nitrogen and oxygen atoms in total. The molecule has 1 amide bonds. The van der Waals surface area contributed by atoms with E-state index >= 15 is 0 Å². The van der Waals surface area contributed by atoms with Crippen LogP contribution in [0.15, 0.2) is 36.9 Å². The van der Waals surface area contributed by atoms with E-state index in [1.54, 1.807) is 18.2 Å². The first-order valence-electron chi connectivity index (χ1n) is 5.70. The third-order valence-electron chi connectivity index (χ3n) is 2.21. The normalized spacial score (nSPS) is 10.1. The lowest BCUT2D eigenvalue weighted by atomic mass is 10.1. The van der Waals surface area contributed by atoms with Gasteiger partial charge >= 0.3 is 12.1 Å². The molecule has 0 saturated heterocycles. The van der Waals surface area contributed by atoms with Crippen molar-refractivity contribution in [2.45, 2.75) is 0 Å². The van der Waals surface area contributed by atoms with Crippen molar-refractivity contribution in [1.29, 1.82) is 0 Å². The highest BCUT2D eigenvalue weighted by Crippen LogP contribution is 2.26. The van der Waals surface area contributed by atoms with Crippen LogP contribution in [0.5, 0.6) is 5.75 Å². The lowest BCUT2D eigenvalue weighted by Gasteiger charge is -2.10. The second-order valence-electron chi connectivity index (χ2n) is 3.64. The summed E-state index contributed by atoms with van der Waals surface area (Å²) in [6.07, 6.45) is 3.26. The summed E-state index contributed by atoms with van der Waals surface area (Å²) in [6.45, 7) is 3.54. The summed E-state index contributed by atoms with van der Waals surface area (Å²) in [5.74, 6) is -0.646. The average molecular weight is 277 g/mol. The summed E-state index contributed by atoms with van der Waals surface area (Å²) in [7, 11) is 1.44. The molecule has 0 saturated carbocycles. The number of ether oxygens (including phenoxy) is 2. The van der Waals surface area contributed by atoms with E-state index in [-0.39, 0.29) is 6.61 Å². The summed E-state index contributed by atoms with van der Waals surface area (Å²) in [5.41, 5.74) is 1.06. The van der Waals surface area contributed by atoms with Crippen molar-refractivity contribution < 1.29 is 24.2 Å². The minimum Gasteiger partial charge on any atom is -0.495 e. The van der Waals surface area contributed by atoms with Gasteiger partial charge in [0.15, 0.2) is 0 Å². The predicted octanol–water partition coefficient (Wildman–Crippen LogP) is 2.53. The van der Waals surface area contributed by atoms with Gasteiger partial charge in [-0.15, -0.1) is 0 Å². The number of benzene rings is 1. The van der Waals surface area contributed by atoms with Gasteiger partial charge in [-0.25, -0.2) is 9.59 Å². The van der Waals surface area contributed by atoms with Gasteiger partial charge in [-0.2, -0.15) is 0 Å². The molecule has 0 aliphatic carbocycles. The maximum Gasteiger partial charge on any atom is 0.412 e. The highest BCUT2D eigenvalue weighted by atomic mass is 16.5.